The molecule has 0 bridgehead atoms. The monoisotopic (exact) mass is 344 g/mol. The van der Waals surface area contributed by atoms with Crippen molar-refractivity contribution in [3.8, 4) is 5.75 Å². The first kappa shape index (κ1) is 19.4. The van der Waals surface area contributed by atoms with Gasteiger partial charge in [0, 0.05) is 25.3 Å². The maximum absolute atomic E-state index is 12.3. The summed E-state index contributed by atoms with van der Waals surface area (Å²) in [5.41, 5.74) is 0.243. The van der Waals surface area contributed by atoms with E-state index in [4.69, 9.17) is 9.47 Å². The molecule has 0 fully saturated rings. The third kappa shape index (κ3) is 5.49. The largest absolute Gasteiger partial charge is 0.492 e. The fourth-order valence-corrected chi connectivity index (χ4v) is 3.21. The number of ether oxygens (including phenoxy) is 2. The molecule has 0 aliphatic carbocycles. The van der Waals surface area contributed by atoms with Gasteiger partial charge in [0.1, 0.15) is 10.6 Å². The Hall–Kier alpha value is -1.64. The summed E-state index contributed by atoms with van der Waals surface area (Å²) in [6.45, 7) is 6.18. The van der Waals surface area contributed by atoms with Crippen molar-refractivity contribution in [2.75, 3.05) is 26.9 Å². The van der Waals surface area contributed by atoms with E-state index in [0.29, 0.717) is 13.2 Å². The van der Waals surface area contributed by atoms with Crippen molar-refractivity contribution in [1.29, 1.82) is 0 Å². The number of methoxy groups -OCH3 is 1. The smallest absolute Gasteiger partial charge is 0.251 e. The van der Waals surface area contributed by atoms with Gasteiger partial charge in [-0.05, 0) is 32.0 Å². The van der Waals surface area contributed by atoms with Gasteiger partial charge in [-0.3, -0.25) is 4.79 Å². The van der Waals surface area contributed by atoms with E-state index in [9.17, 15) is 13.2 Å². The van der Waals surface area contributed by atoms with Gasteiger partial charge in [-0.25, -0.2) is 13.1 Å². The van der Waals surface area contributed by atoms with Gasteiger partial charge in [0.2, 0.25) is 10.0 Å². The number of sulfonamides is 1. The molecular formula is C15H24N2O5S. The zero-order chi connectivity index (χ0) is 17.5. The van der Waals surface area contributed by atoms with Crippen LogP contribution in [0, 0.1) is 0 Å². The Balaban J connectivity index is 3.15. The SMILES string of the molecule is CCNS(=O)(=O)c1cc(C(=O)N[C@@H](C)COC)ccc1OCC. The van der Waals surface area contributed by atoms with E-state index >= 15 is 0 Å². The van der Waals surface area contributed by atoms with Crippen molar-refractivity contribution in [3.05, 3.63) is 23.8 Å². The summed E-state index contributed by atoms with van der Waals surface area (Å²) in [4.78, 5) is 12.2. The lowest BCUT2D eigenvalue weighted by atomic mass is 10.2. The van der Waals surface area contributed by atoms with E-state index in [2.05, 4.69) is 10.0 Å². The van der Waals surface area contributed by atoms with Crippen LogP contribution < -0.4 is 14.8 Å². The molecule has 0 aliphatic rings. The normalized spacial score (nSPS) is 12.7. The molecule has 8 heteroatoms. The average molecular weight is 344 g/mol. The zero-order valence-corrected chi connectivity index (χ0v) is 14.7. The third-order valence-electron chi connectivity index (χ3n) is 2.92. The summed E-state index contributed by atoms with van der Waals surface area (Å²) >= 11 is 0. The predicted molar refractivity (Wildman–Crippen MR) is 87.3 cm³/mol. The number of hydrogen-bond acceptors (Lipinski definition) is 5. The maximum Gasteiger partial charge on any atom is 0.251 e. The molecular weight excluding hydrogens is 320 g/mol. The summed E-state index contributed by atoms with van der Waals surface area (Å²) in [5, 5.41) is 2.74. The van der Waals surface area contributed by atoms with Crippen LogP contribution in [0.25, 0.3) is 0 Å². The van der Waals surface area contributed by atoms with E-state index in [1.807, 2.05) is 0 Å². The molecule has 1 rings (SSSR count). The Kier molecular flexibility index (Phi) is 7.47. The van der Waals surface area contributed by atoms with Crippen LogP contribution in [0.1, 0.15) is 31.1 Å². The summed E-state index contributed by atoms with van der Waals surface area (Å²) in [7, 11) is -2.20. The van der Waals surface area contributed by atoms with Crippen LogP contribution in [0.15, 0.2) is 23.1 Å². The van der Waals surface area contributed by atoms with E-state index in [1.54, 1.807) is 27.9 Å². The van der Waals surface area contributed by atoms with Crippen LogP contribution in [0.2, 0.25) is 0 Å². The molecule has 0 aromatic heterocycles. The lowest BCUT2D eigenvalue weighted by Crippen LogP contribution is -2.35. The highest BCUT2D eigenvalue weighted by Gasteiger charge is 2.21. The standard InChI is InChI=1S/C15H24N2O5S/c1-5-16-23(19,20)14-9-12(7-8-13(14)22-6-2)15(18)17-11(3)10-21-4/h7-9,11,16H,5-6,10H2,1-4H3,(H,17,18)/t11-/m0/s1. The minimum atomic E-state index is -3.74. The second-order valence-corrected chi connectivity index (χ2v) is 6.66. The number of amides is 1. The van der Waals surface area contributed by atoms with Gasteiger partial charge in [-0.2, -0.15) is 0 Å². The highest BCUT2D eigenvalue weighted by molar-refractivity contribution is 7.89. The van der Waals surface area contributed by atoms with Crippen LogP contribution in [0.3, 0.4) is 0 Å². The molecule has 23 heavy (non-hydrogen) atoms. The molecule has 130 valence electrons. The van der Waals surface area contributed by atoms with Crippen molar-refractivity contribution in [3.63, 3.8) is 0 Å². The molecule has 0 unspecified atom stereocenters. The van der Waals surface area contributed by atoms with Crippen LogP contribution in [-0.4, -0.2) is 47.2 Å². The first-order valence-corrected chi connectivity index (χ1v) is 8.90. The van der Waals surface area contributed by atoms with E-state index in [-0.39, 0.29) is 34.7 Å². The van der Waals surface area contributed by atoms with Gasteiger partial charge < -0.3 is 14.8 Å². The summed E-state index contributed by atoms with van der Waals surface area (Å²) in [5.74, 6) is -0.152. The molecule has 0 saturated heterocycles. The summed E-state index contributed by atoms with van der Waals surface area (Å²) < 4.78 is 37.3. The Bertz CT molecular complexity index is 631. The van der Waals surface area contributed by atoms with Gasteiger partial charge in [0.25, 0.3) is 5.91 Å². The fourth-order valence-electron chi connectivity index (χ4n) is 2.00. The number of carbonyl (C=O) groups excluding carboxylic acids is 1. The quantitative estimate of drug-likeness (QED) is 0.701. The third-order valence-corrected chi connectivity index (χ3v) is 4.49. The molecule has 1 amide bonds. The second kappa shape index (κ2) is 8.85. The Labute approximate surface area is 137 Å². The van der Waals surface area contributed by atoms with Crippen molar-refractivity contribution >= 4 is 15.9 Å². The van der Waals surface area contributed by atoms with E-state index in [0.717, 1.165) is 0 Å². The van der Waals surface area contributed by atoms with Crippen LogP contribution in [0.5, 0.6) is 5.75 Å². The van der Waals surface area contributed by atoms with Crippen molar-refractivity contribution < 1.29 is 22.7 Å². The van der Waals surface area contributed by atoms with Gasteiger partial charge in [-0.1, -0.05) is 6.92 Å². The zero-order valence-electron chi connectivity index (χ0n) is 13.9. The minimum absolute atomic E-state index is 0.0479. The van der Waals surface area contributed by atoms with Gasteiger partial charge in [0.05, 0.1) is 13.2 Å². The first-order chi connectivity index (χ1) is 10.9. The molecule has 0 spiro atoms. The van der Waals surface area contributed by atoms with Crippen LogP contribution in [0.4, 0.5) is 0 Å². The summed E-state index contributed by atoms with van der Waals surface area (Å²) in [6.07, 6.45) is 0. The molecule has 2 N–H and O–H groups in total. The maximum atomic E-state index is 12.3. The lowest BCUT2D eigenvalue weighted by Gasteiger charge is -2.15. The highest BCUT2D eigenvalue weighted by Crippen LogP contribution is 2.25. The molecule has 0 heterocycles. The number of nitrogens with one attached hydrogen (secondary N) is 2. The first-order valence-electron chi connectivity index (χ1n) is 7.42. The van der Waals surface area contributed by atoms with Gasteiger partial charge >= 0.3 is 0 Å². The molecule has 7 nitrogen and oxygen atoms in total. The van der Waals surface area contributed by atoms with Crippen LogP contribution >= 0.6 is 0 Å². The summed E-state index contributed by atoms with van der Waals surface area (Å²) in [6, 6.07) is 4.15. The molecule has 0 saturated carbocycles. The Morgan fingerprint density at radius 2 is 2.00 bits per heavy atom. The predicted octanol–water partition coefficient (Wildman–Crippen LogP) is 1.15. The second-order valence-electron chi connectivity index (χ2n) is 4.93. The molecule has 0 radical (unpaired) electrons. The van der Waals surface area contributed by atoms with E-state index < -0.39 is 10.0 Å². The topological polar surface area (TPSA) is 93.7 Å². The lowest BCUT2D eigenvalue weighted by molar-refractivity contribution is 0.0905. The van der Waals surface area contributed by atoms with Gasteiger partial charge in [-0.15, -0.1) is 0 Å². The average Bonchev–Trinajstić information content (AvgIpc) is 2.47. The molecule has 1 atom stereocenters. The Morgan fingerprint density at radius 3 is 2.57 bits per heavy atom. The minimum Gasteiger partial charge on any atom is -0.492 e. The van der Waals surface area contributed by atoms with Crippen molar-refractivity contribution in [2.45, 2.75) is 31.7 Å². The van der Waals surface area contributed by atoms with Crippen molar-refractivity contribution in [2.24, 2.45) is 0 Å². The van der Waals surface area contributed by atoms with E-state index in [1.165, 1.54) is 18.2 Å². The van der Waals surface area contributed by atoms with Crippen LogP contribution in [-0.2, 0) is 14.8 Å². The van der Waals surface area contributed by atoms with Gasteiger partial charge in [0.15, 0.2) is 0 Å². The van der Waals surface area contributed by atoms with Crippen molar-refractivity contribution in [1.82, 2.24) is 10.0 Å². The molecule has 1 aromatic rings. The molecule has 0 aliphatic heterocycles. The number of carbonyl (C=O) groups is 1. The molecule has 1 aromatic carbocycles. The highest BCUT2D eigenvalue weighted by atomic mass is 32.2. The number of benzene rings is 1. The fraction of sp³-hybridized carbons (Fsp3) is 0.533. The number of hydrogen-bond donors (Lipinski definition) is 2. The number of rotatable bonds is 9. The Morgan fingerprint density at radius 1 is 1.30 bits per heavy atom.